The molecule has 8 heteroatoms. The van der Waals surface area contributed by atoms with Gasteiger partial charge < -0.3 is 4.74 Å². The van der Waals surface area contributed by atoms with Gasteiger partial charge in [-0.3, -0.25) is 0 Å². The lowest BCUT2D eigenvalue weighted by molar-refractivity contribution is 0.169. The molecule has 1 atom stereocenters. The second-order valence-corrected chi connectivity index (χ2v) is 10.3. The topological polar surface area (TPSA) is 46.6 Å². The van der Waals surface area contributed by atoms with Crippen LogP contribution in [0, 0.1) is 6.92 Å². The number of nitrogens with zero attached hydrogens (tertiary/aromatic N) is 1. The van der Waals surface area contributed by atoms with Crippen molar-refractivity contribution in [2.75, 3.05) is 31.8 Å². The number of hydrogen-bond acceptors (Lipinski definition) is 5. The molecule has 1 fully saturated rings. The van der Waals surface area contributed by atoms with Crippen molar-refractivity contribution in [2.45, 2.75) is 23.6 Å². The predicted octanol–water partition coefficient (Wildman–Crippen LogP) is 2.96. The maximum atomic E-state index is 12.8. The van der Waals surface area contributed by atoms with E-state index in [1.165, 1.54) is 11.3 Å². The van der Waals surface area contributed by atoms with Crippen molar-refractivity contribution >= 4 is 49.1 Å². The van der Waals surface area contributed by atoms with E-state index >= 15 is 0 Å². The Labute approximate surface area is 137 Å². The van der Waals surface area contributed by atoms with E-state index in [0.29, 0.717) is 17.4 Å². The summed E-state index contributed by atoms with van der Waals surface area (Å²) in [4.78, 5) is 0. The molecule has 1 aliphatic rings. The van der Waals surface area contributed by atoms with Crippen LogP contribution in [0.5, 0.6) is 0 Å². The molecule has 2 heterocycles. The van der Waals surface area contributed by atoms with Crippen molar-refractivity contribution in [2.24, 2.45) is 0 Å². The van der Waals surface area contributed by atoms with E-state index in [1.807, 2.05) is 18.7 Å². The molecule has 0 spiro atoms. The average Bonchev–Trinajstić information content (AvgIpc) is 3.01. The summed E-state index contributed by atoms with van der Waals surface area (Å²) in [7, 11) is -1.83. The summed E-state index contributed by atoms with van der Waals surface area (Å²) >= 11 is 6.49. The first kappa shape index (κ1) is 16.8. The Kier molecular flexibility index (Phi) is 5.96. The lowest BCUT2D eigenvalue weighted by Crippen LogP contribution is -2.42. The number of halogens is 1. The third-order valence-corrected chi connectivity index (χ3v) is 8.91. The summed E-state index contributed by atoms with van der Waals surface area (Å²) in [5.41, 5.74) is 0.959. The largest absolute Gasteiger partial charge is 0.383 e. The van der Waals surface area contributed by atoms with Gasteiger partial charge in [-0.1, -0.05) is 0 Å². The molecule has 1 saturated heterocycles. The highest BCUT2D eigenvalue weighted by Gasteiger charge is 2.34. The summed E-state index contributed by atoms with van der Waals surface area (Å²) in [5.74, 6) is 1.89. The van der Waals surface area contributed by atoms with Crippen molar-refractivity contribution in [3.05, 3.63) is 15.4 Å². The van der Waals surface area contributed by atoms with Crippen molar-refractivity contribution < 1.29 is 13.2 Å². The van der Waals surface area contributed by atoms with Crippen molar-refractivity contribution in [3.63, 3.8) is 0 Å². The van der Waals surface area contributed by atoms with Crippen LogP contribution < -0.4 is 0 Å². The summed E-state index contributed by atoms with van der Waals surface area (Å²) in [5, 5.41) is 0. The number of ether oxygens (including phenoxy) is 1. The standard InChI is InChI=1S/C12H18BrNO3S3/c1-9-7-11(19-12(9)13)20(15,16)14(4-5-17-2)10-3-6-18-8-10/h7,10H,3-6,8H2,1-2H3. The van der Waals surface area contributed by atoms with E-state index in [2.05, 4.69) is 15.9 Å². The van der Waals surface area contributed by atoms with Gasteiger partial charge in [0.25, 0.3) is 10.0 Å². The first-order valence-corrected chi connectivity index (χ1v) is 10.5. The molecule has 0 bridgehead atoms. The summed E-state index contributed by atoms with van der Waals surface area (Å²) < 4.78 is 33.7. The molecule has 0 radical (unpaired) electrons. The molecule has 1 aromatic heterocycles. The molecule has 0 N–H and O–H groups in total. The molecule has 0 amide bonds. The Balaban J connectivity index is 2.29. The van der Waals surface area contributed by atoms with Crippen molar-refractivity contribution in [1.29, 1.82) is 0 Å². The van der Waals surface area contributed by atoms with Gasteiger partial charge in [-0.25, -0.2) is 8.42 Å². The molecular weight excluding hydrogens is 382 g/mol. The number of methoxy groups -OCH3 is 1. The Morgan fingerprint density at radius 3 is 2.80 bits per heavy atom. The summed E-state index contributed by atoms with van der Waals surface area (Å²) in [6.45, 7) is 2.75. The minimum atomic E-state index is -3.43. The van der Waals surface area contributed by atoms with E-state index in [9.17, 15) is 8.42 Å². The molecule has 2 rings (SSSR count). The highest BCUT2D eigenvalue weighted by Crippen LogP contribution is 2.34. The fraction of sp³-hybridized carbons (Fsp3) is 0.667. The second-order valence-electron chi connectivity index (χ2n) is 4.65. The van der Waals surface area contributed by atoms with Gasteiger partial charge in [-0.15, -0.1) is 11.3 Å². The Morgan fingerprint density at radius 1 is 1.55 bits per heavy atom. The first-order valence-electron chi connectivity index (χ1n) is 6.31. The zero-order valence-electron chi connectivity index (χ0n) is 11.5. The van der Waals surface area contributed by atoms with E-state index in [1.54, 1.807) is 17.5 Å². The van der Waals surface area contributed by atoms with Crippen LogP contribution in [0.15, 0.2) is 14.1 Å². The van der Waals surface area contributed by atoms with E-state index in [4.69, 9.17) is 4.74 Å². The average molecular weight is 400 g/mol. The number of sulfonamides is 1. The third kappa shape index (κ3) is 3.59. The molecule has 4 nitrogen and oxygen atoms in total. The monoisotopic (exact) mass is 399 g/mol. The minimum absolute atomic E-state index is 0.0846. The van der Waals surface area contributed by atoms with Crippen LogP contribution in [0.2, 0.25) is 0 Å². The molecule has 0 aromatic carbocycles. The molecule has 114 valence electrons. The maximum Gasteiger partial charge on any atom is 0.252 e. The fourth-order valence-electron chi connectivity index (χ4n) is 2.10. The van der Waals surface area contributed by atoms with Gasteiger partial charge in [0.15, 0.2) is 0 Å². The molecule has 0 saturated carbocycles. The second kappa shape index (κ2) is 7.11. The van der Waals surface area contributed by atoms with E-state index < -0.39 is 10.0 Å². The van der Waals surface area contributed by atoms with Crippen molar-refractivity contribution in [3.8, 4) is 0 Å². The molecular formula is C12H18BrNO3S3. The number of hydrogen-bond donors (Lipinski definition) is 0. The van der Waals surface area contributed by atoms with Crippen LogP contribution >= 0.6 is 39.0 Å². The van der Waals surface area contributed by atoms with Crippen LogP contribution in [0.1, 0.15) is 12.0 Å². The number of thiophene rings is 1. The van der Waals surface area contributed by atoms with Gasteiger partial charge in [-0.2, -0.15) is 16.1 Å². The van der Waals surface area contributed by atoms with Crippen LogP contribution in [0.4, 0.5) is 0 Å². The molecule has 1 aromatic rings. The van der Waals surface area contributed by atoms with Crippen LogP contribution in [-0.2, 0) is 14.8 Å². The Bertz CT molecular complexity index is 533. The summed E-state index contributed by atoms with van der Waals surface area (Å²) in [6, 6.07) is 1.83. The van der Waals surface area contributed by atoms with Crippen LogP contribution in [0.25, 0.3) is 0 Å². The fourth-order valence-corrected chi connectivity index (χ4v) is 7.42. The van der Waals surface area contributed by atoms with E-state index in [-0.39, 0.29) is 6.04 Å². The van der Waals surface area contributed by atoms with Gasteiger partial charge in [0.2, 0.25) is 0 Å². The lowest BCUT2D eigenvalue weighted by atomic mass is 10.3. The SMILES string of the molecule is COCCN(C1CCSC1)S(=O)(=O)c1cc(C)c(Br)s1. The Hall–Kier alpha value is 0.400. The quantitative estimate of drug-likeness (QED) is 0.737. The highest BCUT2D eigenvalue weighted by molar-refractivity contribution is 9.11. The van der Waals surface area contributed by atoms with Crippen LogP contribution in [-0.4, -0.2) is 50.5 Å². The predicted molar refractivity (Wildman–Crippen MR) is 88.3 cm³/mol. The number of thioether (sulfide) groups is 1. The normalized spacial score (nSPS) is 19.9. The molecule has 1 unspecified atom stereocenters. The highest BCUT2D eigenvalue weighted by atomic mass is 79.9. The van der Waals surface area contributed by atoms with Gasteiger partial charge in [-0.05, 0) is 46.7 Å². The van der Waals surface area contributed by atoms with E-state index in [0.717, 1.165) is 27.3 Å². The van der Waals surface area contributed by atoms with Gasteiger partial charge >= 0.3 is 0 Å². The maximum absolute atomic E-state index is 12.8. The van der Waals surface area contributed by atoms with Gasteiger partial charge in [0, 0.05) is 25.4 Å². The van der Waals surface area contributed by atoms with Crippen molar-refractivity contribution in [1.82, 2.24) is 4.31 Å². The van der Waals surface area contributed by atoms with Gasteiger partial charge in [0.05, 0.1) is 10.4 Å². The lowest BCUT2D eigenvalue weighted by Gasteiger charge is -2.26. The molecule has 0 aliphatic carbocycles. The molecule has 20 heavy (non-hydrogen) atoms. The van der Waals surface area contributed by atoms with Gasteiger partial charge in [0.1, 0.15) is 4.21 Å². The molecule has 1 aliphatic heterocycles. The first-order chi connectivity index (χ1) is 9.46. The third-order valence-electron chi connectivity index (χ3n) is 3.23. The Morgan fingerprint density at radius 2 is 2.30 bits per heavy atom. The smallest absolute Gasteiger partial charge is 0.252 e. The minimum Gasteiger partial charge on any atom is -0.383 e. The number of rotatable bonds is 6. The van der Waals surface area contributed by atoms with Crippen LogP contribution in [0.3, 0.4) is 0 Å². The number of aryl methyl sites for hydroxylation is 1. The zero-order valence-corrected chi connectivity index (χ0v) is 15.5. The summed E-state index contributed by atoms with van der Waals surface area (Å²) in [6.07, 6.45) is 0.916. The zero-order chi connectivity index (χ0) is 14.8.